The second-order valence-corrected chi connectivity index (χ2v) is 3.53. The van der Waals surface area contributed by atoms with Gasteiger partial charge in [-0.25, -0.2) is 4.79 Å². The van der Waals surface area contributed by atoms with Crippen LogP contribution in [0, 0.1) is 0 Å². The number of hydrogen-bond donors (Lipinski definition) is 0. The van der Waals surface area contributed by atoms with E-state index in [1.165, 1.54) is 6.42 Å². The smallest absolute Gasteiger partial charge is 0.331 e. The van der Waals surface area contributed by atoms with Crippen molar-refractivity contribution in [2.45, 2.75) is 32.6 Å². The SMILES string of the molecule is C=CC1=CCCCC/C1=C\C(=O)OCC. The molecule has 0 radical (unpaired) electrons. The van der Waals surface area contributed by atoms with Crippen molar-refractivity contribution in [2.24, 2.45) is 0 Å². The molecule has 0 aliphatic heterocycles. The fourth-order valence-electron chi connectivity index (χ4n) is 1.69. The van der Waals surface area contributed by atoms with Crippen molar-refractivity contribution in [3.8, 4) is 0 Å². The van der Waals surface area contributed by atoms with Crippen LogP contribution in [0.15, 0.2) is 36.0 Å². The van der Waals surface area contributed by atoms with E-state index in [9.17, 15) is 4.79 Å². The van der Waals surface area contributed by atoms with Crippen LogP contribution in [0.3, 0.4) is 0 Å². The summed E-state index contributed by atoms with van der Waals surface area (Å²) in [7, 11) is 0. The highest BCUT2D eigenvalue weighted by atomic mass is 16.5. The molecule has 0 fully saturated rings. The van der Waals surface area contributed by atoms with Crippen molar-refractivity contribution in [1.29, 1.82) is 0 Å². The highest BCUT2D eigenvalue weighted by Crippen LogP contribution is 2.23. The predicted octanol–water partition coefficient (Wildman–Crippen LogP) is 3.16. The van der Waals surface area contributed by atoms with E-state index in [1.54, 1.807) is 6.08 Å². The zero-order chi connectivity index (χ0) is 11.1. The summed E-state index contributed by atoms with van der Waals surface area (Å²) in [6.07, 6.45) is 9.87. The first-order valence-corrected chi connectivity index (χ1v) is 5.48. The van der Waals surface area contributed by atoms with E-state index in [4.69, 9.17) is 4.74 Å². The largest absolute Gasteiger partial charge is 0.463 e. The van der Waals surface area contributed by atoms with Gasteiger partial charge in [0.2, 0.25) is 0 Å². The first-order valence-electron chi connectivity index (χ1n) is 5.48. The van der Waals surface area contributed by atoms with Gasteiger partial charge in [-0.1, -0.05) is 18.7 Å². The van der Waals surface area contributed by atoms with Crippen LogP contribution in [-0.2, 0) is 9.53 Å². The van der Waals surface area contributed by atoms with Crippen molar-refractivity contribution in [3.63, 3.8) is 0 Å². The Morgan fingerprint density at radius 3 is 3.07 bits per heavy atom. The summed E-state index contributed by atoms with van der Waals surface area (Å²) < 4.78 is 4.90. The number of carbonyl (C=O) groups is 1. The van der Waals surface area contributed by atoms with Crippen LogP contribution < -0.4 is 0 Å². The maximum Gasteiger partial charge on any atom is 0.331 e. The first kappa shape index (κ1) is 11.8. The Morgan fingerprint density at radius 2 is 2.40 bits per heavy atom. The summed E-state index contributed by atoms with van der Waals surface area (Å²) in [6.45, 7) is 6.01. The zero-order valence-electron chi connectivity index (χ0n) is 9.29. The van der Waals surface area contributed by atoms with E-state index in [-0.39, 0.29) is 5.97 Å². The molecule has 2 heteroatoms. The number of allylic oxidation sites excluding steroid dienone is 4. The minimum atomic E-state index is -0.248. The standard InChI is InChI=1S/C13H18O2/c1-3-11-8-6-5-7-9-12(11)10-13(14)15-4-2/h3,8,10H,1,4-7,9H2,2H3/b12-10+. The summed E-state index contributed by atoms with van der Waals surface area (Å²) in [5.74, 6) is -0.248. The summed E-state index contributed by atoms with van der Waals surface area (Å²) in [5.41, 5.74) is 2.14. The van der Waals surface area contributed by atoms with Gasteiger partial charge in [-0.05, 0) is 43.8 Å². The Kier molecular flexibility index (Phi) is 4.88. The quantitative estimate of drug-likeness (QED) is 0.523. The summed E-state index contributed by atoms with van der Waals surface area (Å²) in [5, 5.41) is 0. The molecule has 0 aromatic carbocycles. The van der Waals surface area contributed by atoms with Gasteiger partial charge in [0.05, 0.1) is 6.61 Å². The van der Waals surface area contributed by atoms with E-state index < -0.39 is 0 Å². The maximum atomic E-state index is 11.3. The second-order valence-electron chi connectivity index (χ2n) is 3.53. The molecule has 15 heavy (non-hydrogen) atoms. The van der Waals surface area contributed by atoms with E-state index in [1.807, 2.05) is 13.0 Å². The average molecular weight is 206 g/mol. The molecular weight excluding hydrogens is 188 g/mol. The number of rotatable bonds is 3. The van der Waals surface area contributed by atoms with Gasteiger partial charge < -0.3 is 4.74 Å². The van der Waals surface area contributed by atoms with Crippen molar-refractivity contribution in [1.82, 2.24) is 0 Å². The van der Waals surface area contributed by atoms with Gasteiger partial charge in [-0.3, -0.25) is 0 Å². The summed E-state index contributed by atoms with van der Waals surface area (Å²) in [4.78, 5) is 11.3. The minimum Gasteiger partial charge on any atom is -0.463 e. The Labute approximate surface area is 91.3 Å². The van der Waals surface area contributed by atoms with Crippen LogP contribution in [-0.4, -0.2) is 12.6 Å². The molecule has 0 aromatic rings. The molecule has 0 N–H and O–H groups in total. The van der Waals surface area contributed by atoms with Crippen molar-refractivity contribution in [2.75, 3.05) is 6.61 Å². The lowest BCUT2D eigenvalue weighted by Gasteiger charge is -2.05. The fraction of sp³-hybridized carbons (Fsp3) is 0.462. The van der Waals surface area contributed by atoms with Crippen LogP contribution in [0.1, 0.15) is 32.6 Å². The van der Waals surface area contributed by atoms with Crippen LogP contribution >= 0.6 is 0 Å². The van der Waals surface area contributed by atoms with Crippen molar-refractivity contribution in [3.05, 3.63) is 36.0 Å². The van der Waals surface area contributed by atoms with Gasteiger partial charge in [0.1, 0.15) is 0 Å². The molecule has 0 spiro atoms. The maximum absolute atomic E-state index is 11.3. The van der Waals surface area contributed by atoms with Gasteiger partial charge in [-0.2, -0.15) is 0 Å². The number of carbonyl (C=O) groups excluding carboxylic acids is 1. The highest BCUT2D eigenvalue weighted by molar-refractivity contribution is 5.84. The van der Waals surface area contributed by atoms with Crippen LogP contribution in [0.2, 0.25) is 0 Å². The van der Waals surface area contributed by atoms with E-state index >= 15 is 0 Å². The van der Waals surface area contributed by atoms with E-state index in [0.29, 0.717) is 6.61 Å². The van der Waals surface area contributed by atoms with Gasteiger partial charge in [0, 0.05) is 6.08 Å². The molecule has 2 nitrogen and oxygen atoms in total. The topological polar surface area (TPSA) is 26.3 Å². The first-order chi connectivity index (χ1) is 7.27. The third-order valence-corrected chi connectivity index (χ3v) is 2.43. The van der Waals surface area contributed by atoms with Gasteiger partial charge in [0.25, 0.3) is 0 Å². The van der Waals surface area contributed by atoms with Gasteiger partial charge in [-0.15, -0.1) is 0 Å². The molecule has 1 aliphatic rings. The summed E-state index contributed by atoms with van der Waals surface area (Å²) in [6, 6.07) is 0. The van der Waals surface area contributed by atoms with E-state index in [0.717, 1.165) is 30.4 Å². The Bertz CT molecular complexity index is 298. The monoisotopic (exact) mass is 206 g/mol. The van der Waals surface area contributed by atoms with Crippen LogP contribution in [0.5, 0.6) is 0 Å². The molecule has 0 saturated heterocycles. The number of hydrogen-bond acceptors (Lipinski definition) is 2. The van der Waals surface area contributed by atoms with Crippen molar-refractivity contribution >= 4 is 5.97 Å². The van der Waals surface area contributed by atoms with Crippen LogP contribution in [0.4, 0.5) is 0 Å². The fourth-order valence-corrected chi connectivity index (χ4v) is 1.69. The molecule has 1 rings (SSSR count). The second kappa shape index (κ2) is 6.23. The minimum absolute atomic E-state index is 0.248. The molecule has 0 atom stereocenters. The highest BCUT2D eigenvalue weighted by Gasteiger charge is 2.08. The third kappa shape index (κ3) is 3.74. The molecule has 0 saturated carbocycles. The average Bonchev–Trinajstić information content (AvgIpc) is 2.43. The Balaban J connectivity index is 2.79. The predicted molar refractivity (Wildman–Crippen MR) is 61.5 cm³/mol. The van der Waals surface area contributed by atoms with Crippen LogP contribution in [0.25, 0.3) is 0 Å². The molecule has 0 aromatic heterocycles. The Hall–Kier alpha value is -1.31. The Morgan fingerprint density at radius 1 is 1.60 bits per heavy atom. The molecule has 0 heterocycles. The number of esters is 1. The molecule has 0 amide bonds. The van der Waals surface area contributed by atoms with Gasteiger partial charge in [0.15, 0.2) is 0 Å². The normalized spacial score (nSPS) is 19.3. The summed E-state index contributed by atoms with van der Waals surface area (Å²) >= 11 is 0. The molecule has 0 unspecified atom stereocenters. The van der Waals surface area contributed by atoms with Gasteiger partial charge >= 0.3 is 5.97 Å². The molecule has 1 aliphatic carbocycles. The molecular formula is C13H18O2. The lowest BCUT2D eigenvalue weighted by Crippen LogP contribution is -2.01. The van der Waals surface area contributed by atoms with E-state index in [2.05, 4.69) is 12.7 Å². The third-order valence-electron chi connectivity index (χ3n) is 2.43. The molecule has 0 bridgehead atoms. The lowest BCUT2D eigenvalue weighted by atomic mass is 10.0. The zero-order valence-corrected chi connectivity index (χ0v) is 9.29. The molecule has 82 valence electrons. The number of ether oxygens (including phenoxy) is 1. The lowest BCUT2D eigenvalue weighted by molar-refractivity contribution is -0.137. The van der Waals surface area contributed by atoms with Crippen molar-refractivity contribution < 1.29 is 9.53 Å².